The van der Waals surface area contributed by atoms with E-state index in [4.69, 9.17) is 21.4 Å². The third-order valence-electron chi connectivity index (χ3n) is 1.64. The number of carboxylic acid groups (broad SMARTS) is 1. The molecule has 0 radical (unpaired) electrons. The fraction of sp³-hybridized carbons (Fsp3) is 0.222. The quantitative estimate of drug-likeness (QED) is 0.787. The van der Waals surface area contributed by atoms with Crippen molar-refractivity contribution in [1.82, 2.24) is 15.3 Å². The second kappa shape index (κ2) is 6.64. The molecule has 0 atom stereocenters. The van der Waals surface area contributed by atoms with Crippen molar-refractivity contribution >= 4 is 17.7 Å². The van der Waals surface area contributed by atoms with Gasteiger partial charge in [0, 0.05) is 12.1 Å². The van der Waals surface area contributed by atoms with Crippen LogP contribution in [0, 0.1) is 0 Å². The molecule has 1 aromatic heterocycles. The SMILES string of the molecule is O=C(O)NC/C(=C\F)COc1cnc(Cl)nc1. The van der Waals surface area contributed by atoms with Crippen LogP contribution in [-0.4, -0.2) is 34.3 Å². The van der Waals surface area contributed by atoms with Gasteiger partial charge in [-0.15, -0.1) is 0 Å². The van der Waals surface area contributed by atoms with Crippen molar-refractivity contribution in [3.8, 4) is 5.75 Å². The van der Waals surface area contributed by atoms with Gasteiger partial charge in [-0.05, 0) is 11.6 Å². The lowest BCUT2D eigenvalue weighted by molar-refractivity contribution is 0.195. The van der Waals surface area contributed by atoms with E-state index < -0.39 is 6.09 Å². The molecule has 0 aromatic carbocycles. The van der Waals surface area contributed by atoms with Gasteiger partial charge in [-0.2, -0.15) is 0 Å². The van der Waals surface area contributed by atoms with Crippen molar-refractivity contribution < 1.29 is 19.0 Å². The summed E-state index contributed by atoms with van der Waals surface area (Å²) in [4.78, 5) is 17.5. The summed E-state index contributed by atoms with van der Waals surface area (Å²) in [6.07, 6.45) is 1.71. The molecular weight excluding hydrogens is 253 g/mol. The van der Waals surface area contributed by atoms with Crippen LogP contribution in [0.3, 0.4) is 0 Å². The zero-order valence-electron chi connectivity index (χ0n) is 8.56. The fourth-order valence-electron chi connectivity index (χ4n) is 0.861. The molecule has 17 heavy (non-hydrogen) atoms. The highest BCUT2D eigenvalue weighted by molar-refractivity contribution is 6.28. The van der Waals surface area contributed by atoms with Gasteiger partial charge < -0.3 is 15.2 Å². The van der Waals surface area contributed by atoms with E-state index in [2.05, 4.69) is 9.97 Å². The number of ether oxygens (including phenoxy) is 1. The normalized spacial score (nSPS) is 11.1. The van der Waals surface area contributed by atoms with Gasteiger partial charge in [0.05, 0.1) is 18.7 Å². The predicted molar refractivity (Wildman–Crippen MR) is 57.8 cm³/mol. The molecule has 8 heteroatoms. The van der Waals surface area contributed by atoms with Crippen LogP contribution < -0.4 is 10.1 Å². The Morgan fingerprint density at radius 1 is 1.59 bits per heavy atom. The predicted octanol–water partition coefficient (Wildman–Crippen LogP) is 1.63. The first-order valence-electron chi connectivity index (χ1n) is 4.47. The molecule has 1 heterocycles. The van der Waals surface area contributed by atoms with Gasteiger partial charge in [0.15, 0.2) is 5.75 Å². The molecule has 2 N–H and O–H groups in total. The fourth-order valence-corrected chi connectivity index (χ4v) is 0.959. The number of nitrogens with zero attached hydrogens (tertiary/aromatic N) is 2. The second-order valence-electron chi connectivity index (χ2n) is 2.90. The van der Waals surface area contributed by atoms with Crippen molar-refractivity contribution in [2.45, 2.75) is 0 Å². The van der Waals surface area contributed by atoms with Crippen LogP contribution in [0.15, 0.2) is 24.3 Å². The molecule has 1 aromatic rings. The Labute approximate surface area is 101 Å². The van der Waals surface area contributed by atoms with Crippen LogP contribution in [0.2, 0.25) is 5.28 Å². The maximum absolute atomic E-state index is 12.3. The Hall–Kier alpha value is -1.89. The van der Waals surface area contributed by atoms with Gasteiger partial charge in [-0.3, -0.25) is 0 Å². The lowest BCUT2D eigenvalue weighted by Crippen LogP contribution is -2.25. The van der Waals surface area contributed by atoms with E-state index in [1.54, 1.807) is 0 Å². The summed E-state index contributed by atoms with van der Waals surface area (Å²) in [7, 11) is 0. The molecule has 0 saturated carbocycles. The third kappa shape index (κ3) is 5.12. The van der Waals surface area contributed by atoms with E-state index in [1.807, 2.05) is 5.32 Å². The van der Waals surface area contributed by atoms with Crippen molar-refractivity contribution in [1.29, 1.82) is 0 Å². The standard InChI is InChI=1S/C9H9ClFN3O3/c10-8-12-3-7(4-13-8)17-5-6(1-11)2-14-9(15)16/h1,3-4,14H,2,5H2,(H,15,16)/b6-1+. The van der Waals surface area contributed by atoms with Crippen molar-refractivity contribution in [2.75, 3.05) is 13.2 Å². The highest BCUT2D eigenvalue weighted by Gasteiger charge is 2.03. The Balaban J connectivity index is 2.42. The van der Waals surface area contributed by atoms with Crippen LogP contribution in [0.4, 0.5) is 9.18 Å². The zero-order valence-corrected chi connectivity index (χ0v) is 9.32. The molecule has 0 fully saturated rings. The van der Waals surface area contributed by atoms with E-state index in [-0.39, 0.29) is 30.3 Å². The van der Waals surface area contributed by atoms with Crippen LogP contribution in [-0.2, 0) is 0 Å². The highest BCUT2D eigenvalue weighted by atomic mass is 35.5. The number of rotatable bonds is 5. The minimum absolute atomic E-state index is 0.0751. The molecule has 92 valence electrons. The number of nitrogens with one attached hydrogen (secondary N) is 1. The molecular formula is C9H9ClFN3O3. The molecule has 0 bridgehead atoms. The maximum Gasteiger partial charge on any atom is 0.404 e. The number of aromatic nitrogens is 2. The first kappa shape index (κ1) is 13.2. The highest BCUT2D eigenvalue weighted by Crippen LogP contribution is 2.09. The Bertz CT molecular complexity index is 410. The first-order chi connectivity index (χ1) is 8.11. The lowest BCUT2D eigenvalue weighted by atomic mass is 10.3. The number of hydrogen-bond donors (Lipinski definition) is 2. The molecule has 0 saturated heterocycles. The van der Waals surface area contributed by atoms with E-state index >= 15 is 0 Å². The smallest absolute Gasteiger partial charge is 0.404 e. The summed E-state index contributed by atoms with van der Waals surface area (Å²) in [5.74, 6) is 0.309. The average Bonchev–Trinajstić information content (AvgIpc) is 2.31. The zero-order chi connectivity index (χ0) is 12.7. The van der Waals surface area contributed by atoms with Crippen LogP contribution >= 0.6 is 11.6 Å². The Morgan fingerprint density at radius 2 is 2.24 bits per heavy atom. The van der Waals surface area contributed by atoms with E-state index in [0.29, 0.717) is 5.75 Å². The van der Waals surface area contributed by atoms with Gasteiger partial charge in [-0.25, -0.2) is 19.2 Å². The molecule has 0 aliphatic rings. The van der Waals surface area contributed by atoms with Gasteiger partial charge >= 0.3 is 6.09 Å². The van der Waals surface area contributed by atoms with Gasteiger partial charge in [0.2, 0.25) is 5.28 Å². The summed E-state index contributed by atoms with van der Waals surface area (Å²) in [5, 5.41) is 10.4. The summed E-state index contributed by atoms with van der Waals surface area (Å²) in [6.45, 7) is -0.262. The minimum Gasteiger partial charge on any atom is -0.486 e. The Kier molecular flexibility index (Phi) is 5.15. The van der Waals surface area contributed by atoms with Gasteiger partial charge in [-0.1, -0.05) is 0 Å². The average molecular weight is 262 g/mol. The number of hydrogen-bond acceptors (Lipinski definition) is 4. The van der Waals surface area contributed by atoms with E-state index in [1.165, 1.54) is 12.4 Å². The molecule has 0 spiro atoms. The van der Waals surface area contributed by atoms with Crippen molar-refractivity contribution in [3.63, 3.8) is 0 Å². The second-order valence-corrected chi connectivity index (χ2v) is 3.24. The molecule has 0 unspecified atom stereocenters. The van der Waals surface area contributed by atoms with Crippen molar-refractivity contribution in [2.24, 2.45) is 0 Å². The van der Waals surface area contributed by atoms with Gasteiger partial charge in [0.1, 0.15) is 6.61 Å². The van der Waals surface area contributed by atoms with Gasteiger partial charge in [0.25, 0.3) is 0 Å². The largest absolute Gasteiger partial charge is 0.486 e. The number of halogens is 2. The minimum atomic E-state index is -1.24. The number of amides is 1. The topological polar surface area (TPSA) is 84.3 Å². The van der Waals surface area contributed by atoms with Crippen LogP contribution in [0.1, 0.15) is 0 Å². The van der Waals surface area contributed by atoms with Crippen molar-refractivity contribution in [3.05, 3.63) is 29.6 Å². The third-order valence-corrected chi connectivity index (χ3v) is 1.84. The van der Waals surface area contributed by atoms with E-state index in [9.17, 15) is 9.18 Å². The summed E-state index contributed by atoms with van der Waals surface area (Å²) < 4.78 is 17.5. The molecule has 1 rings (SSSR count). The molecule has 6 nitrogen and oxygen atoms in total. The number of carbonyl (C=O) groups is 1. The summed E-state index contributed by atoms with van der Waals surface area (Å²) >= 11 is 5.46. The summed E-state index contributed by atoms with van der Waals surface area (Å²) in [6, 6.07) is 0. The Morgan fingerprint density at radius 3 is 2.76 bits per heavy atom. The lowest BCUT2D eigenvalue weighted by Gasteiger charge is -2.07. The van der Waals surface area contributed by atoms with Crippen LogP contribution in [0.25, 0.3) is 0 Å². The first-order valence-corrected chi connectivity index (χ1v) is 4.85. The molecule has 0 aliphatic carbocycles. The monoisotopic (exact) mass is 261 g/mol. The molecule has 0 aliphatic heterocycles. The van der Waals surface area contributed by atoms with E-state index in [0.717, 1.165) is 0 Å². The maximum atomic E-state index is 12.3. The summed E-state index contributed by atoms with van der Waals surface area (Å²) in [5.41, 5.74) is 0.141. The van der Waals surface area contributed by atoms with Crippen LogP contribution in [0.5, 0.6) is 5.75 Å². The molecule has 1 amide bonds.